The van der Waals surface area contributed by atoms with Crippen molar-refractivity contribution in [1.29, 1.82) is 0 Å². The van der Waals surface area contributed by atoms with E-state index in [-0.39, 0.29) is 17.8 Å². The number of carbonyl (C=O) groups excluding carboxylic acids is 1. The largest absolute Gasteiger partial charge is 0.496 e. The van der Waals surface area contributed by atoms with Crippen LogP contribution < -0.4 is 10.1 Å². The Morgan fingerprint density at radius 2 is 1.80 bits per heavy atom. The summed E-state index contributed by atoms with van der Waals surface area (Å²) in [5.74, 6) is 0.643. The fraction of sp³-hybridized carbons (Fsp3) is 0.129. The Hall–Kier alpha value is -4.43. The van der Waals surface area contributed by atoms with Crippen LogP contribution in [0.1, 0.15) is 27.0 Å². The second kappa shape index (κ2) is 11.0. The minimum absolute atomic E-state index is 0.213. The Labute approximate surface area is 233 Å². The Kier molecular flexibility index (Phi) is 7.45. The molecule has 0 aliphatic heterocycles. The molecule has 4 aromatic carbocycles. The van der Waals surface area contributed by atoms with E-state index in [0.29, 0.717) is 28.6 Å². The predicted molar refractivity (Wildman–Crippen MR) is 150 cm³/mol. The number of aryl methyl sites for hydroxylation is 1. The Balaban J connectivity index is 1.43. The number of Topliss-reactive ketones (excluding diaryl/α,β-unsaturated/α-hetero) is 1. The summed E-state index contributed by atoms with van der Waals surface area (Å²) in [6.07, 6.45) is -3.19. The van der Waals surface area contributed by atoms with Gasteiger partial charge < -0.3 is 10.1 Å². The number of ketones is 1. The molecule has 9 heteroatoms. The SMILES string of the molecule is COc1ccc2ccccc2c1-c1ccnc(Nc2cc(C(=O)Cc3ccc(Cl)c(C(F)(F)F)c3)ccc2C)n1. The molecule has 5 rings (SSSR count). The third-order valence-corrected chi connectivity index (χ3v) is 6.86. The smallest absolute Gasteiger partial charge is 0.417 e. The van der Waals surface area contributed by atoms with E-state index >= 15 is 0 Å². The van der Waals surface area contributed by atoms with Crippen LogP contribution in [0, 0.1) is 6.92 Å². The van der Waals surface area contributed by atoms with E-state index in [4.69, 9.17) is 21.3 Å². The van der Waals surface area contributed by atoms with Crippen molar-refractivity contribution in [1.82, 2.24) is 9.97 Å². The lowest BCUT2D eigenvalue weighted by atomic mass is 9.99. The highest BCUT2D eigenvalue weighted by Gasteiger charge is 2.33. The number of anilines is 2. The molecule has 0 spiro atoms. The summed E-state index contributed by atoms with van der Waals surface area (Å²) in [7, 11) is 1.60. The molecule has 0 saturated heterocycles. The summed E-state index contributed by atoms with van der Waals surface area (Å²) in [6, 6.07) is 22.1. The van der Waals surface area contributed by atoms with Crippen LogP contribution in [0.5, 0.6) is 5.75 Å². The number of hydrogen-bond acceptors (Lipinski definition) is 5. The van der Waals surface area contributed by atoms with Crippen molar-refractivity contribution in [3.05, 3.63) is 112 Å². The van der Waals surface area contributed by atoms with Crippen molar-refractivity contribution >= 4 is 39.8 Å². The first kappa shape index (κ1) is 27.1. The van der Waals surface area contributed by atoms with E-state index in [9.17, 15) is 18.0 Å². The Morgan fingerprint density at radius 1 is 1.00 bits per heavy atom. The minimum atomic E-state index is -4.61. The number of alkyl halides is 3. The molecule has 40 heavy (non-hydrogen) atoms. The highest BCUT2D eigenvalue weighted by atomic mass is 35.5. The van der Waals surface area contributed by atoms with Gasteiger partial charge in [-0.1, -0.05) is 60.1 Å². The van der Waals surface area contributed by atoms with Crippen LogP contribution in [0.25, 0.3) is 22.0 Å². The first-order chi connectivity index (χ1) is 19.1. The van der Waals surface area contributed by atoms with E-state index in [1.54, 1.807) is 37.6 Å². The van der Waals surface area contributed by atoms with Gasteiger partial charge in [0.25, 0.3) is 0 Å². The number of ether oxygens (including phenoxy) is 1. The van der Waals surface area contributed by atoms with Crippen LogP contribution in [0.3, 0.4) is 0 Å². The third kappa shape index (κ3) is 5.62. The first-order valence-electron chi connectivity index (χ1n) is 12.3. The number of carbonyl (C=O) groups is 1. The highest BCUT2D eigenvalue weighted by molar-refractivity contribution is 6.31. The molecule has 0 radical (unpaired) electrons. The summed E-state index contributed by atoms with van der Waals surface area (Å²) in [5, 5.41) is 4.79. The van der Waals surface area contributed by atoms with Gasteiger partial charge in [0.1, 0.15) is 5.75 Å². The van der Waals surface area contributed by atoms with E-state index in [2.05, 4.69) is 10.3 Å². The van der Waals surface area contributed by atoms with Gasteiger partial charge in [-0.2, -0.15) is 13.2 Å². The average molecular weight is 562 g/mol. The summed E-state index contributed by atoms with van der Waals surface area (Å²) in [6.45, 7) is 1.86. The zero-order chi connectivity index (χ0) is 28.4. The molecule has 0 amide bonds. The van der Waals surface area contributed by atoms with Crippen molar-refractivity contribution < 1.29 is 22.7 Å². The quantitative estimate of drug-likeness (QED) is 0.202. The Bertz CT molecular complexity index is 1740. The van der Waals surface area contributed by atoms with E-state index < -0.39 is 16.8 Å². The first-order valence-corrected chi connectivity index (χ1v) is 12.7. The van der Waals surface area contributed by atoms with Crippen LogP contribution in [-0.4, -0.2) is 22.9 Å². The van der Waals surface area contributed by atoms with Gasteiger partial charge in [0, 0.05) is 23.9 Å². The number of rotatable bonds is 7. The maximum Gasteiger partial charge on any atom is 0.417 e. The molecule has 0 unspecified atom stereocenters. The van der Waals surface area contributed by atoms with Crippen LogP contribution in [0.4, 0.5) is 24.8 Å². The minimum Gasteiger partial charge on any atom is -0.496 e. The van der Waals surface area contributed by atoms with Gasteiger partial charge in [0.15, 0.2) is 5.78 Å². The molecule has 1 heterocycles. The van der Waals surface area contributed by atoms with Crippen molar-refractivity contribution in [3.63, 3.8) is 0 Å². The predicted octanol–water partition coefficient (Wildman–Crippen LogP) is 8.46. The molecule has 0 aliphatic rings. The molecule has 1 N–H and O–H groups in total. The van der Waals surface area contributed by atoms with Crippen molar-refractivity contribution in [2.75, 3.05) is 12.4 Å². The van der Waals surface area contributed by atoms with E-state index in [1.165, 1.54) is 6.07 Å². The van der Waals surface area contributed by atoms with Gasteiger partial charge in [0.05, 0.1) is 29.0 Å². The van der Waals surface area contributed by atoms with Gasteiger partial charge in [-0.25, -0.2) is 9.97 Å². The molecular weight excluding hydrogens is 539 g/mol. The maximum atomic E-state index is 13.3. The molecular formula is C31H23ClF3N3O2. The van der Waals surface area contributed by atoms with Gasteiger partial charge in [0.2, 0.25) is 5.95 Å². The highest BCUT2D eigenvalue weighted by Crippen LogP contribution is 2.37. The maximum absolute atomic E-state index is 13.3. The van der Waals surface area contributed by atoms with Crippen molar-refractivity contribution in [2.45, 2.75) is 19.5 Å². The molecule has 0 fully saturated rings. The Morgan fingerprint density at radius 3 is 2.58 bits per heavy atom. The molecule has 0 saturated carbocycles. The summed E-state index contributed by atoms with van der Waals surface area (Å²) in [5.41, 5.74) is 2.50. The molecule has 0 bridgehead atoms. The second-order valence-electron chi connectivity index (χ2n) is 9.20. The number of aromatic nitrogens is 2. The van der Waals surface area contributed by atoms with Crippen LogP contribution in [-0.2, 0) is 12.6 Å². The van der Waals surface area contributed by atoms with Crippen molar-refractivity contribution in [3.8, 4) is 17.0 Å². The summed E-state index contributed by atoms with van der Waals surface area (Å²) < 4.78 is 45.4. The van der Waals surface area contributed by atoms with Gasteiger partial charge in [-0.3, -0.25) is 4.79 Å². The number of nitrogens with zero attached hydrogens (tertiary/aromatic N) is 2. The lowest BCUT2D eigenvalue weighted by Gasteiger charge is -2.14. The topological polar surface area (TPSA) is 64.1 Å². The average Bonchev–Trinajstić information content (AvgIpc) is 2.94. The fourth-order valence-corrected chi connectivity index (χ4v) is 4.71. The van der Waals surface area contributed by atoms with Crippen LogP contribution in [0.2, 0.25) is 5.02 Å². The number of nitrogens with one attached hydrogen (secondary N) is 1. The lowest BCUT2D eigenvalue weighted by molar-refractivity contribution is -0.137. The third-order valence-electron chi connectivity index (χ3n) is 6.53. The standard InChI is InChI=1S/C31H23ClF3N3O2/c1-18-7-9-21(27(39)16-19-8-11-24(32)23(15-19)31(33,34)35)17-26(18)38-30-36-14-13-25(37-30)29-22-6-4-3-5-20(22)10-12-28(29)40-2/h3-15,17H,16H2,1-2H3,(H,36,37,38). The number of halogens is 4. The zero-order valence-corrected chi connectivity index (χ0v) is 22.3. The zero-order valence-electron chi connectivity index (χ0n) is 21.5. The monoisotopic (exact) mass is 561 g/mol. The number of fused-ring (bicyclic) bond motifs is 1. The van der Waals surface area contributed by atoms with E-state index in [1.807, 2.05) is 43.3 Å². The molecule has 0 aliphatic carbocycles. The fourth-order valence-electron chi connectivity index (χ4n) is 4.48. The van der Waals surface area contributed by atoms with Crippen molar-refractivity contribution in [2.24, 2.45) is 0 Å². The number of benzene rings is 4. The second-order valence-corrected chi connectivity index (χ2v) is 9.60. The van der Waals surface area contributed by atoms with E-state index in [0.717, 1.165) is 34.0 Å². The van der Waals surface area contributed by atoms with Gasteiger partial charge in [-0.15, -0.1) is 0 Å². The lowest BCUT2D eigenvalue weighted by Crippen LogP contribution is -2.09. The summed E-state index contributed by atoms with van der Waals surface area (Å²) >= 11 is 5.71. The number of methoxy groups -OCH3 is 1. The van der Waals surface area contributed by atoms with Gasteiger partial charge in [-0.05, 0) is 59.2 Å². The molecule has 0 atom stereocenters. The summed E-state index contributed by atoms with van der Waals surface area (Å²) in [4.78, 5) is 22.1. The van der Waals surface area contributed by atoms with Crippen LogP contribution >= 0.6 is 11.6 Å². The van der Waals surface area contributed by atoms with Gasteiger partial charge >= 0.3 is 6.18 Å². The molecule has 5 aromatic rings. The molecule has 5 nitrogen and oxygen atoms in total. The van der Waals surface area contributed by atoms with Crippen LogP contribution in [0.15, 0.2) is 85.1 Å². The number of hydrogen-bond donors (Lipinski definition) is 1. The molecule has 1 aromatic heterocycles. The normalized spacial score (nSPS) is 11.4. The molecule has 202 valence electrons.